The van der Waals surface area contributed by atoms with Crippen molar-refractivity contribution >= 4 is 33.3 Å². The molecular weight excluding hydrogens is 410 g/mol. The predicted octanol–water partition coefficient (Wildman–Crippen LogP) is 5.10. The van der Waals surface area contributed by atoms with Crippen molar-refractivity contribution in [3.8, 4) is 11.8 Å². The molecule has 0 saturated carbocycles. The maximum absolute atomic E-state index is 12.2. The molecular formula is C25H33NO4S. The molecule has 0 spiro atoms. The molecule has 0 aliphatic rings. The first kappa shape index (κ1) is 24.9. The molecule has 2 unspecified atom stereocenters. The third kappa shape index (κ3) is 8.01. The molecule has 5 nitrogen and oxygen atoms in total. The molecule has 1 heterocycles. The molecule has 2 rings (SSSR count). The molecule has 168 valence electrons. The van der Waals surface area contributed by atoms with Gasteiger partial charge in [-0.3, -0.25) is 4.79 Å². The van der Waals surface area contributed by atoms with Gasteiger partial charge in [0.1, 0.15) is 6.10 Å². The Hall–Kier alpha value is -2.36. The Morgan fingerprint density at radius 3 is 2.58 bits per heavy atom. The van der Waals surface area contributed by atoms with Crippen LogP contribution in [-0.4, -0.2) is 29.6 Å². The monoisotopic (exact) mass is 443 g/mol. The number of unbranched alkanes of at least 4 members (excludes halogenated alkanes) is 6. The third-order valence-electron chi connectivity index (χ3n) is 4.93. The summed E-state index contributed by atoms with van der Waals surface area (Å²) in [5.41, 5.74) is 0.932. The van der Waals surface area contributed by atoms with Gasteiger partial charge in [-0.2, -0.15) is 0 Å². The fourth-order valence-corrected chi connectivity index (χ4v) is 4.40. The molecule has 2 aromatic rings. The Balaban J connectivity index is 2.05. The molecule has 0 radical (unpaired) electrons. The van der Waals surface area contributed by atoms with Crippen molar-refractivity contribution in [1.82, 2.24) is 5.32 Å². The minimum atomic E-state index is -1.18. The molecule has 1 aromatic heterocycles. The van der Waals surface area contributed by atoms with Crippen molar-refractivity contribution in [2.75, 3.05) is 6.61 Å². The van der Waals surface area contributed by atoms with E-state index in [0.29, 0.717) is 4.88 Å². The van der Waals surface area contributed by atoms with Crippen molar-refractivity contribution in [3.05, 3.63) is 34.7 Å². The molecule has 0 saturated heterocycles. The molecule has 0 aliphatic carbocycles. The lowest BCUT2D eigenvalue weighted by Crippen LogP contribution is -2.44. The van der Waals surface area contributed by atoms with E-state index in [4.69, 9.17) is 4.74 Å². The van der Waals surface area contributed by atoms with Gasteiger partial charge in [0, 0.05) is 28.5 Å². The fourth-order valence-electron chi connectivity index (χ4n) is 3.33. The van der Waals surface area contributed by atoms with E-state index in [1.165, 1.54) is 50.4 Å². The molecule has 2 atom stereocenters. The van der Waals surface area contributed by atoms with Gasteiger partial charge in [0.15, 0.2) is 6.04 Å². The van der Waals surface area contributed by atoms with Crippen LogP contribution < -0.4 is 5.32 Å². The van der Waals surface area contributed by atoms with Gasteiger partial charge in [-0.05, 0) is 43.0 Å². The second-order valence-electron chi connectivity index (χ2n) is 7.60. The highest BCUT2D eigenvalue weighted by molar-refractivity contribution is 7.19. The topological polar surface area (TPSA) is 75.6 Å². The van der Waals surface area contributed by atoms with Crippen LogP contribution >= 0.6 is 11.3 Å². The number of aliphatic hydroxyl groups is 1. The quantitative estimate of drug-likeness (QED) is 0.288. The average molecular weight is 444 g/mol. The Morgan fingerprint density at radius 2 is 1.87 bits per heavy atom. The molecule has 1 aromatic carbocycles. The average Bonchev–Trinajstić information content (AvgIpc) is 3.17. The second-order valence-corrected chi connectivity index (χ2v) is 8.71. The van der Waals surface area contributed by atoms with Crippen LogP contribution in [0.1, 0.15) is 82.3 Å². The van der Waals surface area contributed by atoms with Crippen molar-refractivity contribution < 1.29 is 19.4 Å². The number of aliphatic hydroxyl groups excluding tert-OH is 1. The number of ether oxygens (including phenoxy) is 1. The third-order valence-corrected chi connectivity index (χ3v) is 6.12. The Labute approximate surface area is 189 Å². The number of hydrogen-bond acceptors (Lipinski definition) is 5. The summed E-state index contributed by atoms with van der Waals surface area (Å²) in [6.45, 7) is 5.39. The lowest BCUT2D eigenvalue weighted by Gasteiger charge is -2.20. The number of amides is 1. The van der Waals surface area contributed by atoms with Crippen LogP contribution in [0, 0.1) is 11.8 Å². The summed E-state index contributed by atoms with van der Waals surface area (Å²) in [6.07, 6.45) is 7.26. The lowest BCUT2D eigenvalue weighted by molar-refractivity contribution is -0.150. The van der Waals surface area contributed by atoms with Crippen LogP contribution in [0.3, 0.4) is 0 Å². The van der Waals surface area contributed by atoms with E-state index >= 15 is 0 Å². The van der Waals surface area contributed by atoms with Gasteiger partial charge in [0.25, 0.3) is 0 Å². The van der Waals surface area contributed by atoms with Gasteiger partial charge in [0.2, 0.25) is 5.91 Å². The Kier molecular flexibility index (Phi) is 10.6. The SMILES string of the molecule is CCCCCCCCC#Cc1ccc2sc(C(O)C(NC(C)=O)C(=O)OCC)cc2c1. The second kappa shape index (κ2) is 13.1. The van der Waals surface area contributed by atoms with Crippen molar-refractivity contribution in [3.63, 3.8) is 0 Å². The standard InChI is InChI=1S/C25H33NO4S/c1-4-6-7-8-9-10-11-12-13-19-14-15-21-20(16-19)17-22(31-21)24(28)23(26-18(3)27)25(29)30-5-2/h14-17,23-24,28H,4-11H2,1-3H3,(H,26,27). The largest absolute Gasteiger partial charge is 0.464 e. The number of thiophene rings is 1. The van der Waals surface area contributed by atoms with E-state index in [1.54, 1.807) is 6.92 Å². The first-order valence-electron chi connectivity index (χ1n) is 11.1. The van der Waals surface area contributed by atoms with Gasteiger partial charge in [-0.15, -0.1) is 11.3 Å². The normalized spacial score (nSPS) is 12.6. The molecule has 6 heteroatoms. The number of esters is 1. The van der Waals surface area contributed by atoms with Gasteiger partial charge >= 0.3 is 5.97 Å². The van der Waals surface area contributed by atoms with Crippen LogP contribution in [0.2, 0.25) is 0 Å². The number of hydrogen-bond donors (Lipinski definition) is 2. The number of benzene rings is 1. The number of fused-ring (bicyclic) bond motifs is 1. The smallest absolute Gasteiger partial charge is 0.331 e. The van der Waals surface area contributed by atoms with Gasteiger partial charge in [-0.1, -0.05) is 50.9 Å². The molecule has 31 heavy (non-hydrogen) atoms. The number of nitrogens with one attached hydrogen (secondary N) is 1. The van der Waals surface area contributed by atoms with E-state index in [0.717, 1.165) is 28.5 Å². The maximum Gasteiger partial charge on any atom is 0.331 e. The first-order valence-corrected chi connectivity index (χ1v) is 11.9. The zero-order valence-electron chi connectivity index (χ0n) is 18.7. The van der Waals surface area contributed by atoms with E-state index in [1.807, 2.05) is 24.3 Å². The molecule has 0 aliphatic heterocycles. The summed E-state index contributed by atoms with van der Waals surface area (Å²) in [6, 6.07) is 6.65. The summed E-state index contributed by atoms with van der Waals surface area (Å²) in [5, 5.41) is 14.2. The van der Waals surface area contributed by atoms with Gasteiger partial charge in [-0.25, -0.2) is 4.79 Å². The minimum Gasteiger partial charge on any atom is -0.464 e. The predicted molar refractivity (Wildman–Crippen MR) is 126 cm³/mol. The van der Waals surface area contributed by atoms with E-state index in [-0.39, 0.29) is 6.61 Å². The van der Waals surface area contributed by atoms with Crippen molar-refractivity contribution in [2.24, 2.45) is 0 Å². The summed E-state index contributed by atoms with van der Waals surface area (Å²) in [4.78, 5) is 24.3. The Bertz CT molecular complexity index is 924. The summed E-state index contributed by atoms with van der Waals surface area (Å²) in [5.74, 6) is 5.42. The van der Waals surface area contributed by atoms with Crippen LogP contribution in [0.25, 0.3) is 10.1 Å². The summed E-state index contributed by atoms with van der Waals surface area (Å²) in [7, 11) is 0. The lowest BCUT2D eigenvalue weighted by atomic mass is 10.1. The highest BCUT2D eigenvalue weighted by atomic mass is 32.1. The van der Waals surface area contributed by atoms with Gasteiger partial charge in [0.05, 0.1) is 6.61 Å². The van der Waals surface area contributed by atoms with Crippen molar-refractivity contribution in [1.29, 1.82) is 0 Å². The van der Waals surface area contributed by atoms with E-state index in [9.17, 15) is 14.7 Å². The van der Waals surface area contributed by atoms with E-state index in [2.05, 4.69) is 24.1 Å². The summed E-state index contributed by atoms with van der Waals surface area (Å²) < 4.78 is 5.99. The minimum absolute atomic E-state index is 0.175. The van der Waals surface area contributed by atoms with Crippen LogP contribution in [-0.2, 0) is 14.3 Å². The highest BCUT2D eigenvalue weighted by Crippen LogP contribution is 2.32. The molecule has 0 bridgehead atoms. The Morgan fingerprint density at radius 1 is 1.13 bits per heavy atom. The van der Waals surface area contributed by atoms with Gasteiger partial charge < -0.3 is 15.2 Å². The molecule has 2 N–H and O–H groups in total. The number of rotatable bonds is 11. The zero-order chi connectivity index (χ0) is 22.6. The number of carbonyl (C=O) groups is 2. The number of carbonyl (C=O) groups excluding carboxylic acids is 2. The van der Waals surface area contributed by atoms with Crippen LogP contribution in [0.15, 0.2) is 24.3 Å². The van der Waals surface area contributed by atoms with Crippen molar-refractivity contribution in [2.45, 2.75) is 77.9 Å². The fraction of sp³-hybridized carbons (Fsp3) is 0.520. The van der Waals surface area contributed by atoms with E-state index < -0.39 is 24.0 Å². The van der Waals surface area contributed by atoms with Crippen LogP contribution in [0.5, 0.6) is 0 Å². The van der Waals surface area contributed by atoms with Crippen LogP contribution in [0.4, 0.5) is 0 Å². The molecule has 1 amide bonds. The summed E-state index contributed by atoms with van der Waals surface area (Å²) >= 11 is 1.39. The maximum atomic E-state index is 12.2. The first-order chi connectivity index (χ1) is 15.0. The zero-order valence-corrected chi connectivity index (χ0v) is 19.5. The molecule has 0 fully saturated rings. The highest BCUT2D eigenvalue weighted by Gasteiger charge is 2.31.